The Hall–Kier alpha value is 2.73. The normalized spacial score (nSPS) is 0. The maximum atomic E-state index is 0. The van der Waals surface area contributed by atoms with E-state index in [1.54, 1.807) is 0 Å². The predicted molar refractivity (Wildman–Crippen MR) is 0 cm³/mol. The van der Waals surface area contributed by atoms with Gasteiger partial charge in [0.25, 0.3) is 0 Å². The molecule has 0 unspecified atom stereocenters. The van der Waals surface area contributed by atoms with Crippen molar-refractivity contribution >= 4 is 0 Å². The fourth-order valence-corrected chi connectivity index (χ4v) is 0. The van der Waals surface area contributed by atoms with E-state index in [0.29, 0.717) is 0 Å². The molecule has 0 spiro atoms. The van der Waals surface area contributed by atoms with Gasteiger partial charge in [0.05, 0.1) is 0 Å². The van der Waals surface area contributed by atoms with Gasteiger partial charge >= 0.3 is 0 Å². The van der Waals surface area contributed by atoms with E-state index in [-0.39, 0.29) is 86.2 Å². The molecule has 0 N–H and O–H groups in total. The van der Waals surface area contributed by atoms with Gasteiger partial charge in [-0.05, 0) is 0 Å². The minimum absolute atomic E-state index is 0. The zero-order valence-corrected chi connectivity index (χ0v) is 8.31. The summed E-state index contributed by atoms with van der Waals surface area (Å²) in [5, 5.41) is 0. The maximum Gasteiger partial charge on any atom is 0 e. The van der Waals surface area contributed by atoms with Gasteiger partial charge in [0.2, 0.25) is 0 Å². The molecule has 0 aromatic heterocycles. The third kappa shape index (κ3) is 8.83. The first-order valence-corrected chi connectivity index (χ1v) is 0. The third-order valence-electron chi connectivity index (χ3n) is 0. The Morgan fingerprint density at radius 3 is 1.00 bits per heavy atom. The number of rotatable bonds is 0. The molecule has 0 aliphatic heterocycles. The Labute approximate surface area is 84.7 Å². The Kier molecular flexibility index (Phi) is 128. The van der Waals surface area contributed by atoms with E-state index >= 15 is 0 Å². The molecule has 0 aromatic carbocycles. The Balaban J connectivity index is 0. The molecular weight excluding hydrogens is 316 g/mol. The molecule has 0 saturated carbocycles. The Bertz CT molecular complexity index is 8.00. The first-order chi connectivity index (χ1) is 0. The van der Waals surface area contributed by atoms with Gasteiger partial charge in [-0.1, -0.05) is 0 Å². The molecule has 0 amide bonds. The van der Waals surface area contributed by atoms with Crippen LogP contribution in [0.15, 0.2) is 0 Å². The van der Waals surface area contributed by atoms with Crippen molar-refractivity contribution in [3.8, 4) is 0 Å². The number of hydrogen-bond acceptors (Lipinski definition) is 0. The van der Waals surface area contributed by atoms with Gasteiger partial charge in [0.15, 0.2) is 0 Å². The van der Waals surface area contributed by atoms with Gasteiger partial charge in [0.1, 0.15) is 0 Å². The molecule has 0 aliphatic carbocycles. The van der Waals surface area contributed by atoms with Gasteiger partial charge in [0, 0.05) is 86.2 Å². The van der Waals surface area contributed by atoms with Crippen molar-refractivity contribution in [3.63, 3.8) is 0 Å². The molecule has 0 heterocycles. The van der Waals surface area contributed by atoms with Crippen LogP contribution in [-0.2, 0) is 50.6 Å². The van der Waals surface area contributed by atoms with Gasteiger partial charge in [-0.2, -0.15) is 0 Å². The summed E-state index contributed by atoms with van der Waals surface area (Å²) in [6, 6.07) is 0. The summed E-state index contributed by atoms with van der Waals surface area (Å²) in [6.07, 6.45) is 0. The molecule has 31 valence electrons. The van der Waals surface area contributed by atoms with E-state index in [4.69, 9.17) is 0 Å². The molecule has 3 radical (unpaired) electrons. The van der Waals surface area contributed by atoms with Crippen LogP contribution >= 0.6 is 0 Å². The van der Waals surface area contributed by atoms with Gasteiger partial charge < -0.3 is 0 Å². The van der Waals surface area contributed by atoms with Crippen LogP contribution in [0.3, 0.4) is 0 Å². The standard InChI is InChI=1S/Cu.La.Mn.Ni. The van der Waals surface area contributed by atoms with Crippen LogP contribution in [-0.4, -0.2) is 0 Å². The second-order valence-corrected chi connectivity index (χ2v) is 0. The molecule has 0 atom stereocenters. The summed E-state index contributed by atoms with van der Waals surface area (Å²) < 4.78 is 0. The molecule has 4 heteroatoms. The summed E-state index contributed by atoms with van der Waals surface area (Å²) in [7, 11) is 0. The minimum Gasteiger partial charge on any atom is 0 e. The third-order valence-corrected chi connectivity index (χ3v) is 0. The Morgan fingerprint density at radius 1 is 1.00 bits per heavy atom. The van der Waals surface area contributed by atoms with Crippen molar-refractivity contribution < 1.29 is 86.2 Å². The van der Waals surface area contributed by atoms with E-state index in [2.05, 4.69) is 0 Å². The molecule has 0 nitrogen and oxygen atoms in total. The van der Waals surface area contributed by atoms with E-state index in [9.17, 15) is 0 Å². The van der Waals surface area contributed by atoms with Crippen LogP contribution in [0.5, 0.6) is 0 Å². The largest absolute Gasteiger partial charge is 0 e. The summed E-state index contributed by atoms with van der Waals surface area (Å²) in [5.74, 6) is 0. The smallest absolute Gasteiger partial charge is 0 e. The van der Waals surface area contributed by atoms with Crippen LogP contribution in [0.4, 0.5) is 0 Å². The molecule has 0 aliphatic rings. The Morgan fingerprint density at radius 2 is 1.00 bits per heavy atom. The molecule has 0 fully saturated rings. The predicted octanol–water partition coefficient (Wildman–Crippen LogP) is -0.00750. The van der Waals surface area contributed by atoms with Crippen molar-refractivity contribution in [2.24, 2.45) is 0 Å². The second-order valence-electron chi connectivity index (χ2n) is 0. The van der Waals surface area contributed by atoms with Crippen LogP contribution < -0.4 is 0 Å². The van der Waals surface area contributed by atoms with E-state index in [1.165, 1.54) is 0 Å². The SMILES string of the molecule is [Cu].[La].[Mn].[Ni]. The quantitative estimate of drug-likeness (QED) is 0.552. The first-order valence-electron chi connectivity index (χ1n) is 0. The van der Waals surface area contributed by atoms with Crippen LogP contribution in [0.25, 0.3) is 0 Å². The average molecular weight is 316 g/mol. The van der Waals surface area contributed by atoms with E-state index < -0.39 is 0 Å². The van der Waals surface area contributed by atoms with Crippen molar-refractivity contribution in [1.82, 2.24) is 0 Å². The molecular formula is CuLaMnNi. The fourth-order valence-electron chi connectivity index (χ4n) is 0. The monoisotopic (exact) mass is 315 g/mol. The zero-order valence-electron chi connectivity index (χ0n) is 1.57. The summed E-state index contributed by atoms with van der Waals surface area (Å²) in [6.45, 7) is 0. The molecule has 0 saturated heterocycles. The van der Waals surface area contributed by atoms with Crippen molar-refractivity contribution in [1.29, 1.82) is 0 Å². The van der Waals surface area contributed by atoms with Crippen molar-refractivity contribution in [3.05, 3.63) is 0 Å². The van der Waals surface area contributed by atoms with Gasteiger partial charge in [-0.15, -0.1) is 0 Å². The summed E-state index contributed by atoms with van der Waals surface area (Å²) in [4.78, 5) is 0. The minimum atomic E-state index is 0. The average Bonchev–Trinajstić information content (AvgIpc) is 0. The fraction of sp³-hybridized carbons (Fsp3) is 0. The van der Waals surface area contributed by atoms with Crippen molar-refractivity contribution in [2.75, 3.05) is 0 Å². The van der Waals surface area contributed by atoms with Crippen LogP contribution in [0.2, 0.25) is 0 Å². The van der Waals surface area contributed by atoms with Gasteiger partial charge in [-0.3, -0.25) is 0 Å². The number of hydrogen-bond donors (Lipinski definition) is 0. The van der Waals surface area contributed by atoms with Gasteiger partial charge in [-0.25, -0.2) is 0 Å². The van der Waals surface area contributed by atoms with E-state index in [1.807, 2.05) is 0 Å². The molecule has 4 heavy (non-hydrogen) atoms. The second kappa shape index (κ2) is 17.2. The summed E-state index contributed by atoms with van der Waals surface area (Å²) in [5.41, 5.74) is 0. The summed E-state index contributed by atoms with van der Waals surface area (Å²) >= 11 is 0. The van der Waals surface area contributed by atoms with Crippen molar-refractivity contribution in [2.45, 2.75) is 0 Å². The van der Waals surface area contributed by atoms with E-state index in [0.717, 1.165) is 0 Å². The van der Waals surface area contributed by atoms with Crippen LogP contribution in [0.1, 0.15) is 0 Å². The molecule has 0 rings (SSSR count). The molecule has 0 aromatic rings. The zero-order chi connectivity index (χ0) is 0. The first kappa shape index (κ1) is 29.7. The molecule has 0 bridgehead atoms. The topological polar surface area (TPSA) is 0 Å². The maximum absolute atomic E-state index is 0. The van der Waals surface area contributed by atoms with Crippen LogP contribution in [0, 0.1) is 35.6 Å².